The number of aryl methyl sites for hydroxylation is 1. The highest BCUT2D eigenvalue weighted by molar-refractivity contribution is 9.10. The Labute approximate surface area is 158 Å². The predicted molar refractivity (Wildman–Crippen MR) is 96.6 cm³/mol. The van der Waals surface area contributed by atoms with E-state index in [-0.39, 0.29) is 24.9 Å². The predicted octanol–water partition coefficient (Wildman–Crippen LogP) is 2.62. The summed E-state index contributed by atoms with van der Waals surface area (Å²) >= 11 is 3.38. The third kappa shape index (κ3) is 2.88. The molecule has 2 aliphatic rings. The van der Waals surface area contributed by atoms with Crippen LogP contribution in [0.5, 0.6) is 0 Å². The lowest BCUT2D eigenvalue weighted by molar-refractivity contribution is -0.117. The highest BCUT2D eigenvalue weighted by Gasteiger charge is 2.61. The van der Waals surface area contributed by atoms with Crippen molar-refractivity contribution in [2.24, 2.45) is 0 Å². The van der Waals surface area contributed by atoms with E-state index in [4.69, 9.17) is 0 Å². The number of nitrogens with zero attached hydrogens (tertiary/aromatic N) is 3. The molecule has 0 saturated heterocycles. The molecule has 4 rings (SSSR count). The Kier molecular flexibility index (Phi) is 4.02. The molecule has 0 unspecified atom stereocenters. The van der Waals surface area contributed by atoms with Crippen molar-refractivity contribution in [2.45, 2.75) is 24.9 Å². The van der Waals surface area contributed by atoms with Crippen LogP contribution in [0, 0.1) is 6.92 Å². The van der Waals surface area contributed by atoms with Gasteiger partial charge in [0.1, 0.15) is 12.7 Å². The number of benzene rings is 1. The molecule has 6 nitrogen and oxygen atoms in total. The average Bonchev–Trinajstić information content (AvgIpc) is 3.25. The quantitative estimate of drug-likeness (QED) is 0.830. The molecule has 1 aliphatic heterocycles. The largest absolute Gasteiger partial charge is 0.328 e. The van der Waals surface area contributed by atoms with Crippen molar-refractivity contribution in [1.29, 1.82) is 0 Å². The lowest BCUT2D eigenvalue weighted by Crippen LogP contribution is -2.47. The third-order valence-electron chi connectivity index (χ3n) is 4.86. The van der Waals surface area contributed by atoms with Gasteiger partial charge in [-0.05, 0) is 42.7 Å². The molecule has 0 radical (unpaired) electrons. The fraction of sp³-hybridized carbons (Fsp3) is 0.333. The van der Waals surface area contributed by atoms with Crippen molar-refractivity contribution in [3.05, 3.63) is 51.8 Å². The second-order valence-electron chi connectivity index (χ2n) is 6.81. The number of carbonyl (C=O) groups excluding carboxylic acids is 2. The van der Waals surface area contributed by atoms with Crippen LogP contribution in [0.25, 0.3) is 0 Å². The molecular weight excluding hydrogens is 403 g/mol. The van der Waals surface area contributed by atoms with Gasteiger partial charge in [0, 0.05) is 34.4 Å². The molecule has 1 spiro atoms. The molecule has 2 atom stereocenters. The minimum atomic E-state index is -1.00. The Morgan fingerprint density at radius 1 is 1.42 bits per heavy atom. The zero-order chi connectivity index (χ0) is 18.5. The fourth-order valence-corrected chi connectivity index (χ4v) is 3.77. The van der Waals surface area contributed by atoms with Crippen molar-refractivity contribution in [1.82, 2.24) is 14.9 Å². The van der Waals surface area contributed by atoms with Gasteiger partial charge in [-0.3, -0.25) is 14.9 Å². The standard InChI is InChI=1S/C18H16BrFN4O2/c1-10-6-21-17(22-7-10)23-15(25)8-24-9-18(5-14(18)20)13-4-11(19)2-3-12(13)16(24)26/h2-4,6-7,14H,5,8-9H2,1H3,(H,21,22,23,25)/t14-,18+/m0/s1. The summed E-state index contributed by atoms with van der Waals surface area (Å²) < 4.78 is 15.0. The number of aromatic nitrogens is 2. The first-order valence-electron chi connectivity index (χ1n) is 8.21. The Bertz CT molecular complexity index is 905. The monoisotopic (exact) mass is 418 g/mol. The van der Waals surface area contributed by atoms with E-state index in [0.717, 1.165) is 15.6 Å². The van der Waals surface area contributed by atoms with Gasteiger partial charge in [-0.1, -0.05) is 15.9 Å². The summed E-state index contributed by atoms with van der Waals surface area (Å²) in [6.45, 7) is 1.87. The highest BCUT2D eigenvalue weighted by atomic mass is 79.9. The van der Waals surface area contributed by atoms with Crippen LogP contribution in [-0.2, 0) is 10.2 Å². The van der Waals surface area contributed by atoms with Crippen molar-refractivity contribution in [2.75, 3.05) is 18.4 Å². The summed E-state index contributed by atoms with van der Waals surface area (Å²) in [4.78, 5) is 34.5. The maximum Gasteiger partial charge on any atom is 0.254 e. The van der Waals surface area contributed by atoms with Gasteiger partial charge in [0.2, 0.25) is 11.9 Å². The maximum atomic E-state index is 14.2. The van der Waals surface area contributed by atoms with Crippen LogP contribution >= 0.6 is 15.9 Å². The number of amides is 2. The smallest absolute Gasteiger partial charge is 0.254 e. The third-order valence-corrected chi connectivity index (χ3v) is 5.35. The Hall–Kier alpha value is -2.35. The van der Waals surface area contributed by atoms with Crippen LogP contribution < -0.4 is 5.32 Å². The van der Waals surface area contributed by atoms with Gasteiger partial charge in [-0.2, -0.15) is 0 Å². The highest BCUT2D eigenvalue weighted by Crippen LogP contribution is 2.54. The first-order chi connectivity index (χ1) is 12.4. The molecule has 26 heavy (non-hydrogen) atoms. The molecule has 134 valence electrons. The Balaban J connectivity index is 1.54. The molecule has 1 aromatic heterocycles. The second kappa shape index (κ2) is 6.12. The molecular formula is C18H16BrFN4O2. The number of hydrogen-bond acceptors (Lipinski definition) is 4. The number of fused-ring (bicyclic) bond motifs is 2. The van der Waals surface area contributed by atoms with Crippen molar-refractivity contribution >= 4 is 33.7 Å². The molecule has 0 bridgehead atoms. The van der Waals surface area contributed by atoms with Gasteiger partial charge in [-0.25, -0.2) is 14.4 Å². The summed E-state index contributed by atoms with van der Waals surface area (Å²) in [5.41, 5.74) is 1.36. The topological polar surface area (TPSA) is 75.2 Å². The summed E-state index contributed by atoms with van der Waals surface area (Å²) in [6.07, 6.45) is 2.54. The number of halogens is 2. The van der Waals surface area contributed by atoms with E-state index in [9.17, 15) is 14.0 Å². The SMILES string of the molecule is Cc1cnc(NC(=O)CN2C[C@]3(C[C@@H]3F)c3cc(Br)ccc3C2=O)nc1. The fourth-order valence-electron chi connectivity index (χ4n) is 3.41. The summed E-state index contributed by atoms with van der Waals surface area (Å²) in [5.74, 6) is -0.495. The van der Waals surface area contributed by atoms with Gasteiger partial charge >= 0.3 is 0 Å². The van der Waals surface area contributed by atoms with Gasteiger partial charge in [0.15, 0.2) is 0 Å². The number of rotatable bonds is 3. The molecule has 2 aromatic rings. The number of alkyl halides is 1. The molecule has 2 amide bonds. The second-order valence-corrected chi connectivity index (χ2v) is 7.73. The van der Waals surface area contributed by atoms with E-state index in [2.05, 4.69) is 31.2 Å². The number of nitrogens with one attached hydrogen (secondary N) is 1. The zero-order valence-corrected chi connectivity index (χ0v) is 15.6. The minimum absolute atomic E-state index is 0.167. The normalized spacial score (nSPS) is 23.7. The lowest BCUT2D eigenvalue weighted by atomic mass is 9.86. The van der Waals surface area contributed by atoms with E-state index < -0.39 is 17.5 Å². The number of carbonyl (C=O) groups is 2. The molecule has 1 fully saturated rings. The van der Waals surface area contributed by atoms with Gasteiger partial charge < -0.3 is 4.90 Å². The molecule has 1 saturated carbocycles. The van der Waals surface area contributed by atoms with Gasteiger partial charge in [-0.15, -0.1) is 0 Å². The van der Waals surface area contributed by atoms with Crippen LogP contribution in [0.1, 0.15) is 27.9 Å². The van der Waals surface area contributed by atoms with Crippen LogP contribution in [0.2, 0.25) is 0 Å². The maximum absolute atomic E-state index is 14.2. The van der Waals surface area contributed by atoms with Crippen LogP contribution in [0.4, 0.5) is 10.3 Å². The number of hydrogen-bond donors (Lipinski definition) is 1. The van der Waals surface area contributed by atoms with E-state index in [1.54, 1.807) is 24.5 Å². The van der Waals surface area contributed by atoms with Crippen molar-refractivity contribution < 1.29 is 14.0 Å². The average molecular weight is 419 g/mol. The van der Waals surface area contributed by atoms with Gasteiger partial charge in [0.25, 0.3) is 5.91 Å². The van der Waals surface area contributed by atoms with Crippen molar-refractivity contribution in [3.63, 3.8) is 0 Å². The van der Waals surface area contributed by atoms with E-state index in [1.807, 2.05) is 13.0 Å². The van der Waals surface area contributed by atoms with Crippen molar-refractivity contribution in [3.8, 4) is 0 Å². The van der Waals surface area contributed by atoms with Crippen LogP contribution in [0.15, 0.2) is 35.1 Å². The molecule has 8 heteroatoms. The lowest BCUT2D eigenvalue weighted by Gasteiger charge is -2.34. The van der Waals surface area contributed by atoms with Crippen LogP contribution in [-0.4, -0.2) is 45.9 Å². The zero-order valence-electron chi connectivity index (χ0n) is 14.0. The first kappa shape index (κ1) is 17.1. The Morgan fingerprint density at radius 2 is 2.12 bits per heavy atom. The summed E-state index contributed by atoms with van der Waals surface area (Å²) in [6, 6.07) is 5.25. The summed E-state index contributed by atoms with van der Waals surface area (Å²) in [7, 11) is 0. The van der Waals surface area contributed by atoms with E-state index in [0.29, 0.717) is 12.0 Å². The molecule has 1 aromatic carbocycles. The molecule has 1 aliphatic carbocycles. The van der Waals surface area contributed by atoms with Crippen LogP contribution in [0.3, 0.4) is 0 Å². The summed E-state index contributed by atoms with van der Waals surface area (Å²) in [5, 5.41) is 2.57. The van der Waals surface area contributed by atoms with Gasteiger partial charge in [0.05, 0.1) is 0 Å². The molecule has 2 heterocycles. The number of anilines is 1. The van der Waals surface area contributed by atoms with E-state index in [1.165, 1.54) is 4.90 Å². The Morgan fingerprint density at radius 3 is 2.77 bits per heavy atom. The minimum Gasteiger partial charge on any atom is -0.328 e. The first-order valence-corrected chi connectivity index (χ1v) is 9.00. The molecule has 1 N–H and O–H groups in total. The van der Waals surface area contributed by atoms with E-state index >= 15 is 0 Å².